The molecule has 0 spiro atoms. The molecular formula is C15H21NO4. The van der Waals surface area contributed by atoms with Gasteiger partial charge in [0.2, 0.25) is 0 Å². The Bertz CT molecular complexity index is 409. The Kier molecular flexibility index (Phi) is 8.93. The normalized spacial score (nSPS) is 12.8. The largest absolute Gasteiger partial charge is 0.451 e. The van der Waals surface area contributed by atoms with Gasteiger partial charge in [-0.1, -0.05) is 13.5 Å². The van der Waals surface area contributed by atoms with Crippen molar-refractivity contribution in [3.63, 3.8) is 0 Å². The van der Waals surface area contributed by atoms with Gasteiger partial charge in [-0.05, 0) is 26.2 Å². The Morgan fingerprint density at radius 3 is 2.50 bits per heavy atom. The quantitative estimate of drug-likeness (QED) is 0.348. The van der Waals surface area contributed by atoms with E-state index in [1.807, 2.05) is 6.92 Å². The fourth-order valence-electron chi connectivity index (χ4n) is 1.59. The molecule has 2 unspecified atom stereocenters. The molecule has 0 saturated heterocycles. The third-order valence-electron chi connectivity index (χ3n) is 2.92. The molecule has 2 atom stereocenters. The van der Waals surface area contributed by atoms with E-state index in [-0.39, 0.29) is 30.1 Å². The third-order valence-corrected chi connectivity index (χ3v) is 2.92. The average Bonchev–Trinajstić information content (AvgIpc) is 2.43. The summed E-state index contributed by atoms with van der Waals surface area (Å²) < 4.78 is 5.10. The number of hydrogen-bond donors (Lipinski definition) is 0. The van der Waals surface area contributed by atoms with E-state index in [9.17, 15) is 14.4 Å². The van der Waals surface area contributed by atoms with Crippen molar-refractivity contribution in [2.45, 2.75) is 52.1 Å². The number of nitriles is 1. The van der Waals surface area contributed by atoms with Gasteiger partial charge in [-0.2, -0.15) is 5.26 Å². The van der Waals surface area contributed by atoms with E-state index in [2.05, 4.69) is 12.6 Å². The second-order valence-corrected chi connectivity index (χ2v) is 4.66. The SMILES string of the molecule is C=C(C)C(=O)OC(CCC(C#N)CC)C(=O)CCC=O. The van der Waals surface area contributed by atoms with Gasteiger partial charge in [0.1, 0.15) is 6.29 Å². The maximum Gasteiger partial charge on any atom is 0.333 e. The van der Waals surface area contributed by atoms with Gasteiger partial charge in [0.15, 0.2) is 11.9 Å². The summed E-state index contributed by atoms with van der Waals surface area (Å²) in [6.07, 6.45) is 1.36. The van der Waals surface area contributed by atoms with E-state index < -0.39 is 12.1 Å². The van der Waals surface area contributed by atoms with E-state index >= 15 is 0 Å². The summed E-state index contributed by atoms with van der Waals surface area (Å²) >= 11 is 0. The lowest BCUT2D eigenvalue weighted by molar-refractivity contribution is -0.152. The Morgan fingerprint density at radius 1 is 1.40 bits per heavy atom. The van der Waals surface area contributed by atoms with Crippen molar-refractivity contribution in [3.05, 3.63) is 12.2 Å². The molecule has 0 amide bonds. The highest BCUT2D eigenvalue weighted by Crippen LogP contribution is 2.16. The van der Waals surface area contributed by atoms with Crippen molar-refractivity contribution in [2.24, 2.45) is 5.92 Å². The molecule has 20 heavy (non-hydrogen) atoms. The van der Waals surface area contributed by atoms with Crippen LogP contribution < -0.4 is 0 Å². The lowest BCUT2D eigenvalue weighted by Crippen LogP contribution is -2.28. The van der Waals surface area contributed by atoms with Crippen LogP contribution >= 0.6 is 0 Å². The fraction of sp³-hybridized carbons (Fsp3) is 0.600. The van der Waals surface area contributed by atoms with Crippen molar-refractivity contribution in [3.8, 4) is 6.07 Å². The Morgan fingerprint density at radius 2 is 2.05 bits per heavy atom. The summed E-state index contributed by atoms with van der Waals surface area (Å²) in [5.41, 5.74) is 0.213. The van der Waals surface area contributed by atoms with Gasteiger partial charge in [-0.25, -0.2) is 4.79 Å². The molecule has 0 heterocycles. The monoisotopic (exact) mass is 279 g/mol. The maximum absolute atomic E-state index is 11.9. The number of ketones is 1. The lowest BCUT2D eigenvalue weighted by Gasteiger charge is -2.17. The molecule has 0 rings (SSSR count). The molecule has 0 aromatic rings. The molecule has 5 nitrogen and oxygen atoms in total. The van der Waals surface area contributed by atoms with Crippen molar-refractivity contribution in [1.29, 1.82) is 5.26 Å². The maximum atomic E-state index is 11.9. The average molecular weight is 279 g/mol. The molecule has 5 heteroatoms. The summed E-state index contributed by atoms with van der Waals surface area (Å²) in [4.78, 5) is 33.7. The topological polar surface area (TPSA) is 84.2 Å². The van der Waals surface area contributed by atoms with E-state index in [0.717, 1.165) is 0 Å². The van der Waals surface area contributed by atoms with E-state index in [1.165, 1.54) is 6.92 Å². The second kappa shape index (κ2) is 9.90. The van der Waals surface area contributed by atoms with Crippen LogP contribution in [0.3, 0.4) is 0 Å². The van der Waals surface area contributed by atoms with Crippen molar-refractivity contribution in [2.75, 3.05) is 0 Å². The number of Topliss-reactive ketones (excluding diaryl/α,β-unsaturated/α-hetero) is 1. The van der Waals surface area contributed by atoms with Crippen LogP contribution in [0, 0.1) is 17.2 Å². The molecule has 0 aromatic heterocycles. The highest BCUT2D eigenvalue weighted by Gasteiger charge is 2.23. The molecule has 0 fully saturated rings. The molecule has 0 saturated carbocycles. The molecular weight excluding hydrogens is 258 g/mol. The molecule has 110 valence electrons. The minimum absolute atomic E-state index is 0.0426. The summed E-state index contributed by atoms with van der Waals surface area (Å²) in [6, 6.07) is 2.14. The first-order valence-electron chi connectivity index (χ1n) is 6.68. The minimum atomic E-state index is -0.901. The van der Waals surface area contributed by atoms with Gasteiger partial charge in [0, 0.05) is 24.3 Å². The number of aldehydes is 1. The number of carbonyl (C=O) groups excluding carboxylic acids is 3. The standard InChI is InChI=1S/C15H21NO4/c1-4-12(10-16)7-8-14(13(18)6-5-9-17)20-15(19)11(2)3/h9,12,14H,2,4-8H2,1,3H3. The van der Waals surface area contributed by atoms with Gasteiger partial charge >= 0.3 is 5.97 Å². The third kappa shape index (κ3) is 6.83. The summed E-state index contributed by atoms with van der Waals surface area (Å²) in [7, 11) is 0. The Balaban J connectivity index is 4.65. The summed E-state index contributed by atoms with van der Waals surface area (Å²) in [5, 5.41) is 8.89. The van der Waals surface area contributed by atoms with Gasteiger partial charge in [-0.3, -0.25) is 4.79 Å². The molecule has 0 radical (unpaired) electrons. The van der Waals surface area contributed by atoms with Gasteiger partial charge < -0.3 is 9.53 Å². The van der Waals surface area contributed by atoms with Crippen LogP contribution in [-0.4, -0.2) is 24.1 Å². The zero-order valence-electron chi connectivity index (χ0n) is 12.1. The fourth-order valence-corrected chi connectivity index (χ4v) is 1.59. The van der Waals surface area contributed by atoms with Crippen LogP contribution in [0.5, 0.6) is 0 Å². The Hall–Kier alpha value is -1.96. The predicted octanol–water partition coefficient (Wildman–Crippen LogP) is 2.35. The predicted molar refractivity (Wildman–Crippen MR) is 73.6 cm³/mol. The molecule has 0 aliphatic rings. The zero-order valence-corrected chi connectivity index (χ0v) is 12.1. The second-order valence-electron chi connectivity index (χ2n) is 4.66. The van der Waals surface area contributed by atoms with Crippen molar-refractivity contribution >= 4 is 18.0 Å². The smallest absolute Gasteiger partial charge is 0.333 e. The van der Waals surface area contributed by atoms with E-state index in [0.29, 0.717) is 25.5 Å². The van der Waals surface area contributed by atoms with Gasteiger partial charge in [0.05, 0.1) is 6.07 Å². The highest BCUT2D eigenvalue weighted by atomic mass is 16.5. The molecule has 0 bridgehead atoms. The number of nitrogens with zero attached hydrogens (tertiary/aromatic N) is 1. The van der Waals surface area contributed by atoms with Gasteiger partial charge in [-0.15, -0.1) is 0 Å². The molecule has 0 aliphatic carbocycles. The number of ether oxygens (including phenoxy) is 1. The molecule has 0 aliphatic heterocycles. The lowest BCUT2D eigenvalue weighted by atomic mass is 9.97. The van der Waals surface area contributed by atoms with Crippen LogP contribution in [0.15, 0.2) is 12.2 Å². The molecule has 0 N–H and O–H groups in total. The zero-order chi connectivity index (χ0) is 15.5. The number of rotatable bonds is 10. The van der Waals surface area contributed by atoms with Crippen LogP contribution in [0.25, 0.3) is 0 Å². The van der Waals surface area contributed by atoms with E-state index in [4.69, 9.17) is 10.00 Å². The van der Waals surface area contributed by atoms with E-state index in [1.54, 1.807) is 0 Å². The van der Waals surface area contributed by atoms with Crippen LogP contribution in [0.4, 0.5) is 0 Å². The van der Waals surface area contributed by atoms with Gasteiger partial charge in [0.25, 0.3) is 0 Å². The van der Waals surface area contributed by atoms with Crippen LogP contribution in [0.2, 0.25) is 0 Å². The molecule has 0 aromatic carbocycles. The van der Waals surface area contributed by atoms with Crippen LogP contribution in [0.1, 0.15) is 46.0 Å². The summed E-state index contributed by atoms with van der Waals surface area (Å²) in [6.45, 7) is 6.85. The van der Waals surface area contributed by atoms with Crippen molar-refractivity contribution < 1.29 is 19.1 Å². The minimum Gasteiger partial charge on any atom is -0.451 e. The number of esters is 1. The first kappa shape index (κ1) is 18.0. The first-order valence-corrected chi connectivity index (χ1v) is 6.68. The van der Waals surface area contributed by atoms with Crippen LogP contribution in [-0.2, 0) is 19.1 Å². The highest BCUT2D eigenvalue weighted by molar-refractivity contribution is 5.91. The first-order chi connectivity index (χ1) is 9.46. The summed E-state index contributed by atoms with van der Waals surface area (Å²) in [5.74, 6) is -1.08. The number of hydrogen-bond acceptors (Lipinski definition) is 5. The Labute approximate surface area is 119 Å². The number of carbonyl (C=O) groups is 3. The van der Waals surface area contributed by atoms with Crippen molar-refractivity contribution in [1.82, 2.24) is 0 Å².